The Kier molecular flexibility index (Phi) is 19.8. The summed E-state index contributed by atoms with van der Waals surface area (Å²) in [5, 5.41) is 0. The summed E-state index contributed by atoms with van der Waals surface area (Å²) in [7, 11) is 0.856. The average molecular weight is 402 g/mol. The third kappa shape index (κ3) is 13.9. The van der Waals surface area contributed by atoms with E-state index in [1.54, 1.807) is 49.8 Å². The van der Waals surface area contributed by atoms with Crippen molar-refractivity contribution in [1.82, 2.24) is 0 Å². The van der Waals surface area contributed by atoms with Gasteiger partial charge in [0.1, 0.15) is 0 Å². The summed E-state index contributed by atoms with van der Waals surface area (Å²) < 4.78 is 0. The molecule has 2 heteroatoms. The van der Waals surface area contributed by atoms with Gasteiger partial charge >= 0.3 is 0 Å². The monoisotopic (exact) mass is 401 g/mol. The van der Waals surface area contributed by atoms with Crippen LogP contribution in [0.2, 0.25) is 0 Å². The molecular weight excluding hydrogens is 350 g/mol. The molecule has 0 nitrogen and oxygen atoms in total. The average Bonchev–Trinajstić information content (AvgIpc) is 2.62. The molecular formula is C24H51P2. The lowest BCUT2D eigenvalue weighted by molar-refractivity contribution is 0.461. The Bertz CT molecular complexity index is 275. The van der Waals surface area contributed by atoms with Gasteiger partial charge in [-0.25, -0.2) is 0 Å². The van der Waals surface area contributed by atoms with E-state index < -0.39 is 0 Å². The van der Waals surface area contributed by atoms with Crippen LogP contribution < -0.4 is 0 Å². The van der Waals surface area contributed by atoms with Crippen LogP contribution in [0.15, 0.2) is 0 Å². The first kappa shape index (κ1) is 26.9. The van der Waals surface area contributed by atoms with Gasteiger partial charge in [0.05, 0.1) is 0 Å². The molecule has 1 radical (unpaired) electrons. The summed E-state index contributed by atoms with van der Waals surface area (Å²) in [6, 6.07) is 0. The Balaban J connectivity index is 0.000000918. The zero-order valence-corrected chi connectivity index (χ0v) is 21.0. The molecule has 4 atom stereocenters. The zero-order valence-electron chi connectivity index (χ0n) is 19.2. The molecule has 2 rings (SSSR count). The minimum Gasteiger partial charge on any atom is -0.102 e. The van der Waals surface area contributed by atoms with Crippen LogP contribution in [0.3, 0.4) is 0 Å². The van der Waals surface area contributed by atoms with Crippen LogP contribution in [-0.2, 0) is 0 Å². The van der Waals surface area contributed by atoms with Crippen molar-refractivity contribution >= 4 is 15.8 Å². The van der Waals surface area contributed by atoms with Gasteiger partial charge in [0.25, 0.3) is 0 Å². The van der Waals surface area contributed by atoms with Gasteiger partial charge in [-0.15, -0.1) is 15.8 Å². The molecule has 0 aliphatic carbocycles. The van der Waals surface area contributed by atoms with Crippen LogP contribution in [0.1, 0.15) is 106 Å². The summed E-state index contributed by atoms with van der Waals surface area (Å²) in [5.74, 6) is 3.81. The van der Waals surface area contributed by atoms with Crippen molar-refractivity contribution in [2.45, 2.75) is 106 Å². The molecule has 0 aromatic rings. The van der Waals surface area contributed by atoms with E-state index in [1.165, 1.54) is 44.9 Å². The first-order chi connectivity index (χ1) is 12.6. The van der Waals surface area contributed by atoms with Crippen LogP contribution in [0.5, 0.6) is 0 Å². The molecule has 4 unspecified atom stereocenters. The topological polar surface area (TPSA) is 0 Å². The second kappa shape index (κ2) is 19.2. The lowest BCUT2D eigenvalue weighted by Crippen LogP contribution is -2.18. The maximum Gasteiger partial charge on any atom is -0.0120 e. The van der Waals surface area contributed by atoms with Gasteiger partial charge in [-0.3, -0.25) is 0 Å². The van der Waals surface area contributed by atoms with Crippen molar-refractivity contribution in [3.05, 3.63) is 6.42 Å². The highest BCUT2D eigenvalue weighted by Gasteiger charge is 2.26. The molecule has 2 aliphatic rings. The third-order valence-corrected chi connectivity index (χ3v) is 12.2. The third-order valence-electron chi connectivity index (χ3n) is 5.08. The van der Waals surface area contributed by atoms with Gasteiger partial charge in [-0.2, -0.15) is 0 Å². The number of hydrogen-bond acceptors (Lipinski definition) is 0. The van der Waals surface area contributed by atoms with Gasteiger partial charge in [0, 0.05) is 0 Å². The maximum absolute atomic E-state index is 2.62. The summed E-state index contributed by atoms with van der Waals surface area (Å²) in [6.07, 6.45) is 23.5. The molecule has 0 aromatic carbocycles. The fourth-order valence-electron chi connectivity index (χ4n) is 4.04. The summed E-state index contributed by atoms with van der Waals surface area (Å²) in [6.45, 7) is 13.2. The molecule has 0 N–H and O–H groups in total. The van der Waals surface area contributed by atoms with Crippen molar-refractivity contribution < 1.29 is 0 Å². The molecule has 0 spiro atoms. The van der Waals surface area contributed by atoms with Crippen LogP contribution in [0.25, 0.3) is 0 Å². The fourth-order valence-corrected chi connectivity index (χ4v) is 12.1. The standard InChI is InChI=1S/C18H35P2.2C3H8/c1-3-5-9-18-11-7-13-20(15-18)16-19-12-6-10-17(14-19)8-4-2;2*1-3-2/h8,17-18H,3-7,9-16H2,1-2H3;2*3H2,1-2H3. The summed E-state index contributed by atoms with van der Waals surface area (Å²) in [5.41, 5.74) is 0. The van der Waals surface area contributed by atoms with Gasteiger partial charge in [-0.05, 0) is 74.5 Å². The summed E-state index contributed by atoms with van der Waals surface area (Å²) >= 11 is 0. The van der Waals surface area contributed by atoms with Gasteiger partial charge in [0.15, 0.2) is 0 Å². The molecule has 2 saturated heterocycles. The smallest absolute Gasteiger partial charge is 0.0120 e. The van der Waals surface area contributed by atoms with Crippen molar-refractivity contribution in [2.24, 2.45) is 11.8 Å². The molecule has 0 saturated carbocycles. The van der Waals surface area contributed by atoms with Crippen molar-refractivity contribution in [2.75, 3.05) is 30.6 Å². The molecule has 0 amide bonds. The van der Waals surface area contributed by atoms with E-state index in [0.717, 1.165) is 11.8 Å². The quantitative estimate of drug-likeness (QED) is 0.373. The first-order valence-corrected chi connectivity index (χ1v) is 15.7. The van der Waals surface area contributed by atoms with E-state index in [-0.39, 0.29) is 0 Å². The highest BCUT2D eigenvalue weighted by atomic mass is 31.2. The minimum absolute atomic E-state index is 0.420. The molecule has 157 valence electrons. The summed E-state index contributed by atoms with van der Waals surface area (Å²) in [4.78, 5) is 0. The minimum atomic E-state index is 0.420. The van der Waals surface area contributed by atoms with Crippen molar-refractivity contribution in [3.8, 4) is 0 Å². The van der Waals surface area contributed by atoms with Crippen LogP contribution in [0, 0.1) is 18.3 Å². The molecule has 2 fully saturated rings. The lowest BCUT2D eigenvalue weighted by Gasteiger charge is -2.35. The number of rotatable bonds is 7. The van der Waals surface area contributed by atoms with Gasteiger partial charge < -0.3 is 0 Å². The highest BCUT2D eigenvalue weighted by Crippen LogP contribution is 2.57. The molecule has 2 aliphatic heterocycles. The van der Waals surface area contributed by atoms with Crippen molar-refractivity contribution in [3.63, 3.8) is 0 Å². The molecule has 2 heterocycles. The molecule has 26 heavy (non-hydrogen) atoms. The Labute approximate surface area is 170 Å². The Hall–Kier alpha value is 0.860. The van der Waals surface area contributed by atoms with Crippen LogP contribution in [-0.4, -0.2) is 30.6 Å². The first-order valence-electron chi connectivity index (χ1n) is 11.9. The van der Waals surface area contributed by atoms with E-state index in [0.29, 0.717) is 15.8 Å². The van der Waals surface area contributed by atoms with Crippen LogP contribution >= 0.6 is 15.8 Å². The lowest BCUT2D eigenvalue weighted by atomic mass is 9.99. The Morgan fingerprint density at radius 1 is 0.808 bits per heavy atom. The maximum atomic E-state index is 2.62. The van der Waals surface area contributed by atoms with E-state index >= 15 is 0 Å². The number of unbranched alkanes of at least 4 members (excludes halogenated alkanes) is 1. The second-order valence-corrected chi connectivity index (χ2v) is 13.8. The molecule has 0 aromatic heterocycles. The largest absolute Gasteiger partial charge is 0.102 e. The number of hydrogen-bond donors (Lipinski definition) is 0. The fraction of sp³-hybridized carbons (Fsp3) is 0.958. The van der Waals surface area contributed by atoms with Gasteiger partial charge in [-0.1, -0.05) is 80.1 Å². The Morgan fingerprint density at radius 2 is 1.38 bits per heavy atom. The second-order valence-electron chi connectivity index (χ2n) is 8.41. The predicted molar refractivity (Wildman–Crippen MR) is 130 cm³/mol. The van der Waals surface area contributed by atoms with E-state index in [1.807, 2.05) is 0 Å². The zero-order chi connectivity index (χ0) is 19.6. The van der Waals surface area contributed by atoms with E-state index in [9.17, 15) is 0 Å². The SMILES string of the molecule is CCC.CCC.CC[CH]C1CCCP(CP2CCCC(CCCC)C2)C1. The van der Waals surface area contributed by atoms with Gasteiger partial charge in [0.2, 0.25) is 0 Å². The van der Waals surface area contributed by atoms with E-state index in [4.69, 9.17) is 0 Å². The molecule has 0 bridgehead atoms. The van der Waals surface area contributed by atoms with Crippen LogP contribution in [0.4, 0.5) is 0 Å². The predicted octanol–water partition coefficient (Wildman–Crippen LogP) is 9.36. The van der Waals surface area contributed by atoms with Crippen molar-refractivity contribution in [1.29, 1.82) is 0 Å². The van der Waals surface area contributed by atoms with E-state index in [2.05, 4.69) is 48.0 Å². The highest BCUT2D eigenvalue weighted by molar-refractivity contribution is 7.74. The normalized spacial score (nSPS) is 28.4. The Morgan fingerprint density at radius 3 is 1.96 bits per heavy atom.